The third-order valence-corrected chi connectivity index (χ3v) is 3.78. The minimum Gasteiger partial charge on any atom is -0.443 e. The third kappa shape index (κ3) is 2.51. The first-order valence-corrected chi connectivity index (χ1v) is 7.21. The molecule has 3 aromatic heterocycles. The highest BCUT2D eigenvalue weighted by Gasteiger charge is 2.33. The number of hydrogen-bond acceptors (Lipinski definition) is 4. The predicted octanol–water partition coefficient (Wildman–Crippen LogP) is 2.90. The number of fused-ring (bicyclic) bond motifs is 1. The molecule has 6 nitrogen and oxygen atoms in total. The Morgan fingerprint density at radius 3 is 2.75 bits per heavy atom. The monoisotopic (exact) mass is 336 g/mol. The lowest BCUT2D eigenvalue weighted by Gasteiger charge is -2.11. The van der Waals surface area contributed by atoms with E-state index in [9.17, 15) is 18.0 Å². The maximum atomic E-state index is 13.2. The maximum Gasteiger partial charge on any atom is 0.417 e. The van der Waals surface area contributed by atoms with Gasteiger partial charge in [-0.2, -0.15) is 13.2 Å². The summed E-state index contributed by atoms with van der Waals surface area (Å²) in [5.74, 6) is -0.307. The van der Waals surface area contributed by atoms with Crippen molar-refractivity contribution in [3.05, 3.63) is 42.3 Å². The fourth-order valence-corrected chi connectivity index (χ4v) is 2.43. The Kier molecular flexibility index (Phi) is 3.12. The zero-order valence-electron chi connectivity index (χ0n) is 12.2. The molecule has 1 aliphatic carbocycles. The highest BCUT2D eigenvalue weighted by Crippen LogP contribution is 2.34. The average molecular weight is 336 g/mol. The van der Waals surface area contributed by atoms with E-state index in [1.807, 2.05) is 0 Å². The summed E-state index contributed by atoms with van der Waals surface area (Å²) in [6.07, 6.45) is 1.72. The number of carbonyl (C=O) groups excluding carboxylic acids is 1. The minimum atomic E-state index is -4.57. The molecule has 1 aliphatic rings. The van der Waals surface area contributed by atoms with Gasteiger partial charge in [-0.3, -0.25) is 9.20 Å². The number of amides is 1. The number of rotatable bonds is 3. The number of aromatic nitrogens is 3. The fraction of sp³-hybridized carbons (Fsp3) is 0.267. The molecule has 4 rings (SSSR count). The molecule has 1 fully saturated rings. The summed E-state index contributed by atoms with van der Waals surface area (Å²) in [4.78, 5) is 20.1. The van der Waals surface area contributed by atoms with Gasteiger partial charge in [-0.05, 0) is 18.9 Å². The smallest absolute Gasteiger partial charge is 0.417 e. The Bertz CT molecular complexity index is 911. The van der Waals surface area contributed by atoms with Crippen molar-refractivity contribution < 1.29 is 22.4 Å². The van der Waals surface area contributed by atoms with Gasteiger partial charge in [0.15, 0.2) is 12.2 Å². The van der Waals surface area contributed by atoms with E-state index in [0.29, 0.717) is 0 Å². The van der Waals surface area contributed by atoms with Gasteiger partial charge in [-0.15, -0.1) is 0 Å². The summed E-state index contributed by atoms with van der Waals surface area (Å²) in [5.41, 5.74) is -0.544. The topological polar surface area (TPSA) is 72.4 Å². The highest BCUT2D eigenvalue weighted by atomic mass is 19.4. The number of halogens is 3. The van der Waals surface area contributed by atoms with Crippen molar-refractivity contribution in [3.8, 4) is 11.3 Å². The molecular formula is C15H11F3N4O2. The van der Waals surface area contributed by atoms with Crippen molar-refractivity contribution in [1.82, 2.24) is 19.7 Å². The van der Waals surface area contributed by atoms with E-state index >= 15 is 0 Å². The summed E-state index contributed by atoms with van der Waals surface area (Å²) in [7, 11) is 0. The first kappa shape index (κ1) is 14.7. The average Bonchev–Trinajstić information content (AvgIpc) is 3.04. The molecule has 0 aromatic carbocycles. The molecule has 24 heavy (non-hydrogen) atoms. The first-order valence-electron chi connectivity index (χ1n) is 7.21. The van der Waals surface area contributed by atoms with E-state index in [0.717, 1.165) is 35.9 Å². The third-order valence-electron chi connectivity index (χ3n) is 3.78. The molecule has 124 valence electrons. The number of imidazole rings is 1. The second-order valence-electron chi connectivity index (χ2n) is 5.59. The molecule has 0 spiro atoms. The molecule has 0 bridgehead atoms. The van der Waals surface area contributed by atoms with Gasteiger partial charge in [0.2, 0.25) is 0 Å². The van der Waals surface area contributed by atoms with Crippen LogP contribution in [0.15, 0.2) is 35.5 Å². The molecule has 0 aliphatic heterocycles. The molecule has 0 atom stereocenters. The number of pyridine rings is 1. The second-order valence-corrected chi connectivity index (χ2v) is 5.59. The van der Waals surface area contributed by atoms with E-state index in [-0.39, 0.29) is 28.7 Å². The van der Waals surface area contributed by atoms with E-state index < -0.39 is 17.6 Å². The molecule has 0 unspecified atom stereocenters. The van der Waals surface area contributed by atoms with E-state index in [2.05, 4.69) is 15.3 Å². The Balaban J connectivity index is 1.91. The van der Waals surface area contributed by atoms with Gasteiger partial charge < -0.3 is 9.73 Å². The van der Waals surface area contributed by atoms with Crippen LogP contribution in [0.1, 0.15) is 28.9 Å². The van der Waals surface area contributed by atoms with Crippen LogP contribution in [-0.2, 0) is 6.18 Å². The molecule has 3 aromatic rings. The Labute approximate surface area is 133 Å². The molecule has 3 heterocycles. The molecule has 1 saturated carbocycles. The molecular weight excluding hydrogens is 325 g/mol. The highest BCUT2D eigenvalue weighted by molar-refractivity contribution is 5.94. The van der Waals surface area contributed by atoms with Crippen LogP contribution in [-0.4, -0.2) is 26.3 Å². The van der Waals surface area contributed by atoms with Crippen LogP contribution in [0.25, 0.3) is 17.0 Å². The second kappa shape index (κ2) is 5.08. The van der Waals surface area contributed by atoms with Gasteiger partial charge in [0, 0.05) is 12.2 Å². The van der Waals surface area contributed by atoms with Crippen molar-refractivity contribution in [1.29, 1.82) is 0 Å². The molecule has 1 N–H and O–H groups in total. The first-order chi connectivity index (χ1) is 11.4. The number of oxazole rings is 1. The fourth-order valence-electron chi connectivity index (χ4n) is 2.43. The van der Waals surface area contributed by atoms with Gasteiger partial charge in [-0.25, -0.2) is 9.97 Å². The van der Waals surface area contributed by atoms with Crippen molar-refractivity contribution >= 4 is 11.6 Å². The largest absolute Gasteiger partial charge is 0.443 e. The van der Waals surface area contributed by atoms with Gasteiger partial charge in [0.05, 0.1) is 23.5 Å². The molecule has 0 saturated heterocycles. The summed E-state index contributed by atoms with van der Waals surface area (Å²) < 4.78 is 45.9. The number of nitrogens with zero attached hydrogens (tertiary/aromatic N) is 3. The lowest BCUT2D eigenvalue weighted by molar-refractivity contribution is -0.137. The lowest BCUT2D eigenvalue weighted by Crippen LogP contribution is -2.26. The summed E-state index contributed by atoms with van der Waals surface area (Å²) in [5, 5.41) is 2.74. The van der Waals surface area contributed by atoms with E-state index in [1.54, 1.807) is 0 Å². The Morgan fingerprint density at radius 2 is 2.12 bits per heavy atom. The van der Waals surface area contributed by atoms with Crippen LogP contribution in [0.5, 0.6) is 0 Å². The summed E-state index contributed by atoms with van der Waals surface area (Å²) in [6, 6.07) is 1.02. The molecule has 0 radical (unpaired) electrons. The van der Waals surface area contributed by atoms with Crippen LogP contribution >= 0.6 is 0 Å². The van der Waals surface area contributed by atoms with Crippen LogP contribution in [0.2, 0.25) is 0 Å². The Morgan fingerprint density at radius 1 is 1.33 bits per heavy atom. The number of nitrogens with one attached hydrogen (secondary N) is 1. The van der Waals surface area contributed by atoms with Crippen LogP contribution < -0.4 is 5.32 Å². The standard InChI is InChI=1S/C15H11F3N4O2/c16-15(17,18)8-3-10(12-5-19-7-24-12)13-20-4-11(22(13)6-8)14(23)21-9-1-2-9/h3-7,9H,1-2H2,(H,21,23). The SMILES string of the molecule is O=C(NC1CC1)c1cnc2c(-c3cnco3)cc(C(F)(F)F)cn12. The number of alkyl halides is 3. The zero-order chi connectivity index (χ0) is 16.9. The van der Waals surface area contributed by atoms with Crippen molar-refractivity contribution in [2.45, 2.75) is 25.1 Å². The lowest BCUT2D eigenvalue weighted by atomic mass is 10.1. The van der Waals surface area contributed by atoms with Crippen molar-refractivity contribution in [2.75, 3.05) is 0 Å². The Hall–Kier alpha value is -2.84. The molecule has 1 amide bonds. The van der Waals surface area contributed by atoms with Crippen LogP contribution in [0.3, 0.4) is 0 Å². The quantitative estimate of drug-likeness (QED) is 0.798. The van der Waals surface area contributed by atoms with Gasteiger partial charge in [-0.1, -0.05) is 0 Å². The predicted molar refractivity (Wildman–Crippen MR) is 76.2 cm³/mol. The van der Waals surface area contributed by atoms with E-state index in [1.165, 1.54) is 12.4 Å². The van der Waals surface area contributed by atoms with Gasteiger partial charge in [0.1, 0.15) is 11.3 Å². The van der Waals surface area contributed by atoms with Crippen LogP contribution in [0.4, 0.5) is 13.2 Å². The number of carbonyl (C=O) groups is 1. The minimum absolute atomic E-state index is 0.0452. The number of hydrogen-bond donors (Lipinski definition) is 1. The van der Waals surface area contributed by atoms with E-state index in [4.69, 9.17) is 4.42 Å². The van der Waals surface area contributed by atoms with Crippen LogP contribution in [0, 0.1) is 0 Å². The molecule has 9 heteroatoms. The zero-order valence-corrected chi connectivity index (χ0v) is 12.2. The maximum absolute atomic E-state index is 13.2. The summed E-state index contributed by atoms with van der Waals surface area (Å²) >= 11 is 0. The van der Waals surface area contributed by atoms with Crippen molar-refractivity contribution in [3.63, 3.8) is 0 Å². The van der Waals surface area contributed by atoms with Gasteiger partial charge in [0.25, 0.3) is 5.91 Å². The van der Waals surface area contributed by atoms with Gasteiger partial charge >= 0.3 is 6.18 Å². The van der Waals surface area contributed by atoms with Crippen molar-refractivity contribution in [2.24, 2.45) is 0 Å². The normalized spacial score (nSPS) is 15.0. The summed E-state index contributed by atoms with van der Waals surface area (Å²) in [6.45, 7) is 0.